The molecule has 0 aliphatic carbocycles. The summed E-state index contributed by atoms with van der Waals surface area (Å²) >= 11 is 0. The molecule has 120 valence electrons. The number of nitrogens with zero attached hydrogens (tertiary/aromatic N) is 1. The van der Waals surface area contributed by atoms with Crippen LogP contribution in [0.3, 0.4) is 0 Å². The lowest BCUT2D eigenvalue weighted by Gasteiger charge is -2.33. The van der Waals surface area contributed by atoms with Crippen LogP contribution in [-0.4, -0.2) is 19.0 Å². The van der Waals surface area contributed by atoms with Crippen molar-refractivity contribution in [1.29, 1.82) is 0 Å². The van der Waals surface area contributed by atoms with Crippen LogP contribution in [0.15, 0.2) is 48.5 Å². The van der Waals surface area contributed by atoms with Crippen molar-refractivity contribution in [2.45, 2.75) is 12.8 Å². The van der Waals surface area contributed by atoms with Gasteiger partial charge in [0.05, 0.1) is 11.4 Å². The molecule has 0 radical (unpaired) electrons. The molecule has 3 nitrogen and oxygen atoms in total. The van der Waals surface area contributed by atoms with Gasteiger partial charge in [-0.05, 0) is 37.1 Å². The monoisotopic (exact) mass is 316 g/mol. The third kappa shape index (κ3) is 3.50. The molecule has 1 heterocycles. The second-order valence-electron chi connectivity index (χ2n) is 5.68. The molecule has 5 heteroatoms. The zero-order valence-electron chi connectivity index (χ0n) is 12.6. The van der Waals surface area contributed by atoms with Gasteiger partial charge in [0.1, 0.15) is 11.6 Å². The summed E-state index contributed by atoms with van der Waals surface area (Å²) in [6.45, 7) is 1.21. The van der Waals surface area contributed by atoms with Crippen molar-refractivity contribution in [3.05, 3.63) is 60.2 Å². The highest BCUT2D eigenvalue weighted by Crippen LogP contribution is 2.26. The fourth-order valence-corrected chi connectivity index (χ4v) is 2.89. The molecule has 23 heavy (non-hydrogen) atoms. The molecule has 1 amide bonds. The van der Waals surface area contributed by atoms with Crippen LogP contribution >= 0.6 is 0 Å². The van der Waals surface area contributed by atoms with E-state index in [-0.39, 0.29) is 23.3 Å². The molecule has 1 N–H and O–H groups in total. The standard InChI is InChI=1S/C18H18F2N2O/c19-14-5-1-3-7-16(14)21-18(23)13-9-11-22(12-10-13)17-8-4-2-6-15(17)20/h1-8,13H,9-12H2,(H,21,23). The quantitative estimate of drug-likeness (QED) is 0.933. The molecule has 0 spiro atoms. The smallest absolute Gasteiger partial charge is 0.227 e. The number of nitrogens with one attached hydrogen (secondary N) is 1. The van der Waals surface area contributed by atoms with Crippen molar-refractivity contribution < 1.29 is 13.6 Å². The van der Waals surface area contributed by atoms with Crippen molar-refractivity contribution in [3.63, 3.8) is 0 Å². The normalized spacial score (nSPS) is 15.5. The Morgan fingerprint density at radius 1 is 0.957 bits per heavy atom. The summed E-state index contributed by atoms with van der Waals surface area (Å²) in [5.74, 6) is -1.05. The van der Waals surface area contributed by atoms with Gasteiger partial charge < -0.3 is 10.2 Å². The van der Waals surface area contributed by atoms with Crippen molar-refractivity contribution in [3.8, 4) is 0 Å². The summed E-state index contributed by atoms with van der Waals surface area (Å²) in [6.07, 6.45) is 1.24. The Morgan fingerprint density at radius 2 is 1.57 bits per heavy atom. The minimum atomic E-state index is -0.440. The molecule has 0 bridgehead atoms. The zero-order valence-corrected chi connectivity index (χ0v) is 12.6. The lowest BCUT2D eigenvalue weighted by atomic mass is 9.95. The third-order valence-corrected chi connectivity index (χ3v) is 4.19. The summed E-state index contributed by atoms with van der Waals surface area (Å²) in [5.41, 5.74) is 0.773. The van der Waals surface area contributed by atoms with Crippen LogP contribution in [0.1, 0.15) is 12.8 Å². The number of halogens is 2. The first kappa shape index (κ1) is 15.5. The van der Waals surface area contributed by atoms with Crippen LogP contribution in [0.2, 0.25) is 0 Å². The number of carbonyl (C=O) groups excluding carboxylic acids is 1. The number of hydrogen-bond donors (Lipinski definition) is 1. The van der Waals surface area contributed by atoms with Crippen molar-refractivity contribution >= 4 is 17.3 Å². The molecule has 1 saturated heterocycles. The van der Waals surface area contributed by atoms with Gasteiger partial charge >= 0.3 is 0 Å². The Labute approximate surface area is 133 Å². The topological polar surface area (TPSA) is 32.3 Å². The summed E-state index contributed by atoms with van der Waals surface area (Å²) in [4.78, 5) is 14.2. The molecule has 1 aliphatic rings. The highest BCUT2D eigenvalue weighted by atomic mass is 19.1. The van der Waals surface area contributed by atoms with Crippen LogP contribution < -0.4 is 10.2 Å². The first-order valence-corrected chi connectivity index (χ1v) is 7.70. The van der Waals surface area contributed by atoms with Crippen LogP contribution in [0.25, 0.3) is 0 Å². The molecular formula is C18H18F2N2O. The molecule has 3 rings (SSSR count). The van der Waals surface area contributed by atoms with Gasteiger partial charge in [-0.2, -0.15) is 0 Å². The Morgan fingerprint density at radius 3 is 2.22 bits per heavy atom. The second kappa shape index (κ2) is 6.77. The van der Waals surface area contributed by atoms with Crippen LogP contribution in [-0.2, 0) is 4.79 Å². The van der Waals surface area contributed by atoms with E-state index in [1.165, 1.54) is 12.1 Å². The lowest BCUT2D eigenvalue weighted by Crippen LogP contribution is -2.38. The number of hydrogen-bond acceptors (Lipinski definition) is 2. The molecule has 2 aromatic carbocycles. The Hall–Kier alpha value is -2.43. The van der Waals surface area contributed by atoms with E-state index in [0.717, 1.165) is 0 Å². The van der Waals surface area contributed by atoms with Gasteiger partial charge in [0, 0.05) is 19.0 Å². The number of piperidine rings is 1. The van der Waals surface area contributed by atoms with E-state index in [1.54, 1.807) is 36.4 Å². The fourth-order valence-electron chi connectivity index (χ4n) is 2.89. The van der Waals surface area contributed by atoms with Gasteiger partial charge in [-0.1, -0.05) is 24.3 Å². The Bertz CT molecular complexity index is 697. The van der Waals surface area contributed by atoms with E-state index < -0.39 is 5.82 Å². The van der Waals surface area contributed by atoms with Gasteiger partial charge in [-0.25, -0.2) is 8.78 Å². The Kier molecular flexibility index (Phi) is 4.55. The van der Waals surface area contributed by atoms with Crippen molar-refractivity contribution in [2.24, 2.45) is 5.92 Å². The van der Waals surface area contributed by atoms with E-state index in [9.17, 15) is 13.6 Å². The number of para-hydroxylation sites is 2. The van der Waals surface area contributed by atoms with E-state index in [1.807, 2.05) is 4.90 Å². The van der Waals surface area contributed by atoms with Gasteiger partial charge in [0.15, 0.2) is 0 Å². The van der Waals surface area contributed by atoms with E-state index in [2.05, 4.69) is 5.32 Å². The molecule has 0 saturated carbocycles. The van der Waals surface area contributed by atoms with E-state index >= 15 is 0 Å². The van der Waals surface area contributed by atoms with Crippen LogP contribution in [0, 0.1) is 17.6 Å². The third-order valence-electron chi connectivity index (χ3n) is 4.19. The van der Waals surface area contributed by atoms with E-state index in [0.29, 0.717) is 31.6 Å². The number of anilines is 2. The largest absolute Gasteiger partial charge is 0.369 e. The summed E-state index contributed by atoms with van der Waals surface area (Å²) in [7, 11) is 0. The molecule has 0 unspecified atom stereocenters. The minimum Gasteiger partial charge on any atom is -0.369 e. The maximum absolute atomic E-state index is 13.8. The molecule has 2 aromatic rings. The summed E-state index contributed by atoms with van der Waals surface area (Å²) in [6, 6.07) is 12.8. The van der Waals surface area contributed by atoms with Gasteiger partial charge in [-0.3, -0.25) is 4.79 Å². The van der Waals surface area contributed by atoms with Gasteiger partial charge in [0.2, 0.25) is 5.91 Å². The van der Waals surface area contributed by atoms with Crippen molar-refractivity contribution in [1.82, 2.24) is 0 Å². The number of amides is 1. The highest BCUT2D eigenvalue weighted by molar-refractivity contribution is 5.92. The zero-order chi connectivity index (χ0) is 16.2. The minimum absolute atomic E-state index is 0.178. The van der Waals surface area contributed by atoms with Crippen LogP contribution in [0.4, 0.5) is 20.2 Å². The average Bonchev–Trinajstić information content (AvgIpc) is 2.57. The first-order valence-electron chi connectivity index (χ1n) is 7.70. The second-order valence-corrected chi connectivity index (χ2v) is 5.68. The average molecular weight is 316 g/mol. The predicted octanol–water partition coefficient (Wildman–Crippen LogP) is 3.82. The number of rotatable bonds is 3. The van der Waals surface area contributed by atoms with Gasteiger partial charge in [0.25, 0.3) is 0 Å². The molecule has 1 fully saturated rings. The highest BCUT2D eigenvalue weighted by Gasteiger charge is 2.26. The summed E-state index contributed by atoms with van der Waals surface area (Å²) in [5, 5.41) is 2.64. The number of benzene rings is 2. The molecule has 0 atom stereocenters. The SMILES string of the molecule is O=C(Nc1ccccc1F)C1CCN(c2ccccc2F)CC1. The number of carbonyl (C=O) groups is 1. The molecular weight excluding hydrogens is 298 g/mol. The fraction of sp³-hybridized carbons (Fsp3) is 0.278. The predicted molar refractivity (Wildman–Crippen MR) is 86.4 cm³/mol. The van der Waals surface area contributed by atoms with Gasteiger partial charge in [-0.15, -0.1) is 0 Å². The lowest BCUT2D eigenvalue weighted by molar-refractivity contribution is -0.120. The van der Waals surface area contributed by atoms with Crippen LogP contribution in [0.5, 0.6) is 0 Å². The Balaban J connectivity index is 1.60. The maximum atomic E-state index is 13.8. The maximum Gasteiger partial charge on any atom is 0.227 e. The van der Waals surface area contributed by atoms with E-state index in [4.69, 9.17) is 0 Å². The molecule has 0 aromatic heterocycles. The summed E-state index contributed by atoms with van der Waals surface area (Å²) < 4.78 is 27.4. The first-order chi connectivity index (χ1) is 11.1. The van der Waals surface area contributed by atoms with Crippen molar-refractivity contribution in [2.75, 3.05) is 23.3 Å². The molecule has 1 aliphatic heterocycles.